The quantitative estimate of drug-likeness (QED) is 0.363. The summed E-state index contributed by atoms with van der Waals surface area (Å²) >= 11 is 6.37. The molecule has 26 heavy (non-hydrogen) atoms. The predicted molar refractivity (Wildman–Crippen MR) is 108 cm³/mol. The molecule has 0 spiro atoms. The second-order valence-electron chi connectivity index (χ2n) is 5.28. The third-order valence-electron chi connectivity index (χ3n) is 3.43. The van der Waals surface area contributed by atoms with Gasteiger partial charge in [0.1, 0.15) is 0 Å². The summed E-state index contributed by atoms with van der Waals surface area (Å²) in [5.41, 5.74) is 1.56. The van der Waals surface area contributed by atoms with Gasteiger partial charge in [-0.1, -0.05) is 54.2 Å². The highest BCUT2D eigenvalue weighted by molar-refractivity contribution is 8.26. The van der Waals surface area contributed by atoms with Gasteiger partial charge >= 0.3 is 0 Å². The van der Waals surface area contributed by atoms with E-state index < -0.39 is 0 Å². The molecule has 7 heteroatoms. The topological polar surface area (TPSA) is 73.1 Å². The van der Waals surface area contributed by atoms with Crippen LogP contribution < -0.4 is 0 Å². The van der Waals surface area contributed by atoms with Crippen LogP contribution in [-0.4, -0.2) is 31.7 Å². The first kappa shape index (κ1) is 17.9. The van der Waals surface area contributed by atoms with E-state index in [0.717, 1.165) is 10.6 Å². The summed E-state index contributed by atoms with van der Waals surface area (Å²) in [6.07, 6.45) is 6.79. The number of aromatic hydroxyl groups is 2. The molecule has 130 valence electrons. The number of phenolic OH excluding ortho intramolecular Hbond substituents is 2. The van der Waals surface area contributed by atoms with Gasteiger partial charge in [-0.05, 0) is 47.6 Å². The van der Waals surface area contributed by atoms with Crippen LogP contribution in [0.2, 0.25) is 0 Å². The van der Waals surface area contributed by atoms with Gasteiger partial charge in [0, 0.05) is 0 Å². The van der Waals surface area contributed by atoms with Crippen LogP contribution in [-0.2, 0) is 4.79 Å². The summed E-state index contributed by atoms with van der Waals surface area (Å²) in [6.45, 7) is 0. The number of benzene rings is 2. The van der Waals surface area contributed by atoms with Crippen LogP contribution in [0.15, 0.2) is 70.7 Å². The monoisotopic (exact) mass is 382 g/mol. The van der Waals surface area contributed by atoms with Crippen molar-refractivity contribution in [3.05, 3.63) is 76.7 Å². The molecule has 0 atom stereocenters. The Morgan fingerprint density at radius 2 is 1.81 bits per heavy atom. The molecule has 3 rings (SSSR count). The van der Waals surface area contributed by atoms with Crippen molar-refractivity contribution >= 4 is 46.5 Å². The van der Waals surface area contributed by atoms with Crippen LogP contribution in [0.25, 0.3) is 6.08 Å². The first-order chi connectivity index (χ1) is 12.5. The van der Waals surface area contributed by atoms with Gasteiger partial charge in [0.2, 0.25) is 0 Å². The number of thiocarbonyl (C=S) groups is 1. The number of thioether (sulfide) groups is 1. The standard InChI is InChI=1S/C19H14N2O3S2/c22-15-10-9-14(11-16(15)23)12-20-21-18(24)17(26-19(21)25)8-4-7-13-5-2-1-3-6-13/h1-12,22-23H/b7-4-,17-8+,20-12+. The van der Waals surface area contributed by atoms with Crippen molar-refractivity contribution in [2.45, 2.75) is 0 Å². The van der Waals surface area contributed by atoms with E-state index in [1.54, 1.807) is 18.2 Å². The maximum atomic E-state index is 12.4. The Hall–Kier alpha value is -2.90. The summed E-state index contributed by atoms with van der Waals surface area (Å²) in [5, 5.41) is 24.0. The largest absolute Gasteiger partial charge is 0.504 e. The zero-order valence-corrected chi connectivity index (χ0v) is 15.1. The van der Waals surface area contributed by atoms with E-state index in [1.807, 2.05) is 36.4 Å². The van der Waals surface area contributed by atoms with E-state index in [1.165, 1.54) is 30.1 Å². The molecule has 1 fully saturated rings. The molecule has 0 unspecified atom stereocenters. The van der Waals surface area contributed by atoms with Crippen LogP contribution in [0.5, 0.6) is 11.5 Å². The number of allylic oxidation sites excluding steroid dienone is 2. The average molecular weight is 382 g/mol. The van der Waals surface area contributed by atoms with Gasteiger partial charge in [-0.15, -0.1) is 0 Å². The number of hydrogen-bond donors (Lipinski definition) is 2. The third-order valence-corrected chi connectivity index (χ3v) is 4.73. The fourth-order valence-corrected chi connectivity index (χ4v) is 3.25. The first-order valence-electron chi connectivity index (χ1n) is 7.60. The average Bonchev–Trinajstić information content (AvgIpc) is 2.90. The molecular formula is C19H14N2O3S2. The SMILES string of the molecule is O=C1/C(=C\C=C/c2ccccc2)SC(=S)N1/N=C/c1ccc(O)c(O)c1. The lowest BCUT2D eigenvalue weighted by Crippen LogP contribution is -2.22. The van der Waals surface area contributed by atoms with Gasteiger partial charge in [0.15, 0.2) is 15.8 Å². The van der Waals surface area contributed by atoms with Crippen molar-refractivity contribution in [2.75, 3.05) is 0 Å². The minimum absolute atomic E-state index is 0.221. The van der Waals surface area contributed by atoms with Crippen LogP contribution >= 0.6 is 24.0 Å². The minimum atomic E-state index is -0.308. The number of phenols is 2. The molecule has 1 heterocycles. The molecule has 0 saturated carbocycles. The Balaban J connectivity index is 1.72. The number of hydrazone groups is 1. The summed E-state index contributed by atoms with van der Waals surface area (Å²) in [4.78, 5) is 12.9. The fourth-order valence-electron chi connectivity index (χ4n) is 2.13. The Morgan fingerprint density at radius 3 is 2.54 bits per heavy atom. The number of carbonyl (C=O) groups is 1. The number of carbonyl (C=O) groups excluding carboxylic acids is 1. The maximum absolute atomic E-state index is 12.4. The highest BCUT2D eigenvalue weighted by Crippen LogP contribution is 2.31. The summed E-state index contributed by atoms with van der Waals surface area (Å²) < 4.78 is 0.327. The first-order valence-corrected chi connectivity index (χ1v) is 8.83. The minimum Gasteiger partial charge on any atom is -0.504 e. The Morgan fingerprint density at radius 1 is 1.04 bits per heavy atom. The molecule has 0 radical (unpaired) electrons. The highest BCUT2D eigenvalue weighted by atomic mass is 32.2. The van der Waals surface area contributed by atoms with Gasteiger partial charge in [-0.3, -0.25) is 4.79 Å². The van der Waals surface area contributed by atoms with Crippen molar-refractivity contribution in [2.24, 2.45) is 5.10 Å². The molecule has 0 aliphatic carbocycles. The Labute approximate surface area is 160 Å². The maximum Gasteiger partial charge on any atom is 0.286 e. The molecule has 2 aromatic rings. The van der Waals surface area contributed by atoms with Crippen LogP contribution in [0.3, 0.4) is 0 Å². The Kier molecular flexibility index (Phi) is 5.50. The second kappa shape index (κ2) is 7.99. The molecule has 1 aliphatic rings. The van der Waals surface area contributed by atoms with Gasteiger partial charge in [-0.25, -0.2) is 0 Å². The number of amides is 1. The smallest absolute Gasteiger partial charge is 0.286 e. The van der Waals surface area contributed by atoms with E-state index in [2.05, 4.69) is 5.10 Å². The molecule has 1 saturated heterocycles. The molecule has 1 aliphatic heterocycles. The third kappa shape index (κ3) is 4.19. The zero-order valence-electron chi connectivity index (χ0n) is 13.4. The predicted octanol–water partition coefficient (Wildman–Crippen LogP) is 3.89. The van der Waals surface area contributed by atoms with E-state index in [4.69, 9.17) is 12.2 Å². The summed E-state index contributed by atoms with van der Waals surface area (Å²) in [6, 6.07) is 14.0. The summed E-state index contributed by atoms with van der Waals surface area (Å²) in [5.74, 6) is -0.789. The van der Waals surface area contributed by atoms with Crippen molar-refractivity contribution < 1.29 is 15.0 Å². The van der Waals surface area contributed by atoms with Crippen molar-refractivity contribution in [1.29, 1.82) is 0 Å². The van der Waals surface area contributed by atoms with Gasteiger partial charge in [0.25, 0.3) is 5.91 Å². The van der Waals surface area contributed by atoms with Crippen LogP contribution in [0, 0.1) is 0 Å². The van der Waals surface area contributed by atoms with Crippen molar-refractivity contribution in [1.82, 2.24) is 5.01 Å². The molecule has 1 amide bonds. The van der Waals surface area contributed by atoms with Crippen molar-refractivity contribution in [3.8, 4) is 11.5 Å². The van der Waals surface area contributed by atoms with Crippen LogP contribution in [0.4, 0.5) is 0 Å². The van der Waals surface area contributed by atoms with Crippen molar-refractivity contribution in [3.63, 3.8) is 0 Å². The van der Waals surface area contributed by atoms with Gasteiger partial charge < -0.3 is 10.2 Å². The molecule has 5 nitrogen and oxygen atoms in total. The second-order valence-corrected chi connectivity index (χ2v) is 6.95. The van der Waals surface area contributed by atoms with Gasteiger partial charge in [-0.2, -0.15) is 10.1 Å². The van der Waals surface area contributed by atoms with E-state index >= 15 is 0 Å². The lowest BCUT2D eigenvalue weighted by atomic mass is 10.2. The van der Waals surface area contributed by atoms with Crippen LogP contribution in [0.1, 0.15) is 11.1 Å². The lowest BCUT2D eigenvalue weighted by Gasteiger charge is -2.06. The molecular weight excluding hydrogens is 368 g/mol. The normalized spacial score (nSPS) is 16.5. The summed E-state index contributed by atoms with van der Waals surface area (Å²) in [7, 11) is 0. The molecule has 2 N–H and O–H groups in total. The lowest BCUT2D eigenvalue weighted by molar-refractivity contribution is -0.122. The zero-order chi connectivity index (χ0) is 18.5. The molecule has 0 bridgehead atoms. The van der Waals surface area contributed by atoms with E-state index in [0.29, 0.717) is 14.8 Å². The molecule has 2 aromatic carbocycles. The number of hydrogen-bond acceptors (Lipinski definition) is 6. The van der Waals surface area contributed by atoms with E-state index in [-0.39, 0.29) is 17.4 Å². The fraction of sp³-hybridized carbons (Fsp3) is 0. The van der Waals surface area contributed by atoms with Gasteiger partial charge in [0.05, 0.1) is 11.1 Å². The molecule has 0 aromatic heterocycles. The highest BCUT2D eigenvalue weighted by Gasteiger charge is 2.31. The number of rotatable bonds is 4. The number of nitrogens with zero attached hydrogens (tertiary/aromatic N) is 2. The Bertz CT molecular complexity index is 937. The van der Waals surface area contributed by atoms with E-state index in [9.17, 15) is 15.0 Å².